The number of aliphatic hydroxyl groups is 1. The van der Waals surface area contributed by atoms with Crippen LogP contribution in [0.3, 0.4) is 0 Å². The molecule has 1 fully saturated rings. The summed E-state index contributed by atoms with van der Waals surface area (Å²) >= 11 is 0. The molecular weight excluding hydrogens is 271 g/mol. The highest BCUT2D eigenvalue weighted by Gasteiger charge is 2.31. The van der Waals surface area contributed by atoms with Gasteiger partial charge < -0.3 is 15.2 Å². The normalized spacial score (nSPS) is 18.6. The molecule has 0 spiro atoms. The zero-order valence-corrected chi connectivity index (χ0v) is 11.2. The van der Waals surface area contributed by atoms with Gasteiger partial charge in [-0.2, -0.15) is 0 Å². The summed E-state index contributed by atoms with van der Waals surface area (Å²) in [5.74, 6) is -0.253. The molecule has 0 bridgehead atoms. The molecule has 0 aliphatic heterocycles. The second kappa shape index (κ2) is 5.61. The number of hydrogen-bond acceptors (Lipinski definition) is 3. The number of ether oxygens (including phenoxy) is 1. The zero-order valence-electron chi connectivity index (χ0n) is 11.2. The van der Waals surface area contributed by atoms with Crippen molar-refractivity contribution in [3.8, 4) is 5.75 Å². The highest BCUT2D eigenvalue weighted by Crippen LogP contribution is 2.24. The molecule has 0 aromatic heterocycles. The van der Waals surface area contributed by atoms with Gasteiger partial charge in [-0.1, -0.05) is 12.1 Å². The average molecular weight is 289 g/mol. The molecule has 0 radical (unpaired) electrons. The van der Waals surface area contributed by atoms with Gasteiger partial charge >= 0.3 is 6.36 Å². The third-order valence-electron chi connectivity index (χ3n) is 3.09. The summed E-state index contributed by atoms with van der Waals surface area (Å²) in [7, 11) is 0. The lowest BCUT2D eigenvalue weighted by Crippen LogP contribution is -2.40. The van der Waals surface area contributed by atoms with Crippen LogP contribution in [0.25, 0.3) is 0 Å². The molecule has 20 heavy (non-hydrogen) atoms. The van der Waals surface area contributed by atoms with Crippen molar-refractivity contribution in [2.45, 2.75) is 44.2 Å². The first-order valence-electron chi connectivity index (χ1n) is 6.54. The van der Waals surface area contributed by atoms with E-state index in [1.54, 1.807) is 6.92 Å². The molecule has 1 saturated carbocycles. The summed E-state index contributed by atoms with van der Waals surface area (Å²) < 4.78 is 39.9. The highest BCUT2D eigenvalue weighted by molar-refractivity contribution is 5.28. The third kappa shape index (κ3) is 5.38. The van der Waals surface area contributed by atoms with Crippen molar-refractivity contribution < 1.29 is 23.0 Å². The van der Waals surface area contributed by atoms with Gasteiger partial charge in [-0.05, 0) is 37.5 Å². The monoisotopic (exact) mass is 289 g/mol. The minimum atomic E-state index is -4.68. The first-order valence-corrected chi connectivity index (χ1v) is 6.54. The number of hydrogen-bond donors (Lipinski definition) is 2. The van der Waals surface area contributed by atoms with E-state index in [1.165, 1.54) is 24.3 Å². The van der Waals surface area contributed by atoms with Crippen LogP contribution in [-0.4, -0.2) is 29.7 Å². The molecule has 0 heterocycles. The van der Waals surface area contributed by atoms with E-state index in [0.717, 1.165) is 18.4 Å². The standard InChI is InChI=1S/C14H18F3NO2/c1-13(19,9-18-11-4-5-11)8-10-2-6-12(7-3-10)20-14(15,16)17/h2-3,6-7,11,18-19H,4-5,8-9H2,1H3. The van der Waals surface area contributed by atoms with Gasteiger partial charge in [0.1, 0.15) is 5.75 Å². The van der Waals surface area contributed by atoms with Crippen LogP contribution in [0.2, 0.25) is 0 Å². The maximum absolute atomic E-state index is 12.0. The topological polar surface area (TPSA) is 41.5 Å². The summed E-state index contributed by atoms with van der Waals surface area (Å²) in [6.45, 7) is 2.18. The van der Waals surface area contributed by atoms with E-state index in [9.17, 15) is 18.3 Å². The van der Waals surface area contributed by atoms with Crippen LogP contribution < -0.4 is 10.1 Å². The summed E-state index contributed by atoms with van der Waals surface area (Å²) in [5.41, 5.74) is -0.156. The van der Waals surface area contributed by atoms with Gasteiger partial charge in [-0.25, -0.2) is 0 Å². The minimum Gasteiger partial charge on any atom is -0.406 e. The summed E-state index contributed by atoms with van der Waals surface area (Å²) in [4.78, 5) is 0. The maximum atomic E-state index is 12.0. The number of alkyl halides is 3. The second-order valence-corrected chi connectivity index (χ2v) is 5.52. The van der Waals surface area contributed by atoms with Crippen LogP contribution in [0, 0.1) is 0 Å². The first-order chi connectivity index (χ1) is 9.23. The lowest BCUT2D eigenvalue weighted by Gasteiger charge is -2.24. The van der Waals surface area contributed by atoms with Gasteiger partial charge in [0.05, 0.1) is 5.60 Å². The van der Waals surface area contributed by atoms with E-state index in [4.69, 9.17) is 0 Å². The van der Waals surface area contributed by atoms with E-state index >= 15 is 0 Å². The molecule has 1 aliphatic rings. The molecule has 1 aromatic rings. The molecule has 2 rings (SSSR count). The molecule has 0 amide bonds. The summed E-state index contributed by atoms with van der Waals surface area (Å²) in [5, 5.41) is 13.5. The van der Waals surface area contributed by atoms with Crippen LogP contribution >= 0.6 is 0 Å². The van der Waals surface area contributed by atoms with E-state index < -0.39 is 12.0 Å². The average Bonchev–Trinajstić information content (AvgIpc) is 3.11. The van der Waals surface area contributed by atoms with Crippen LogP contribution in [0.15, 0.2) is 24.3 Å². The Morgan fingerprint density at radius 3 is 2.35 bits per heavy atom. The molecule has 3 nitrogen and oxygen atoms in total. The van der Waals surface area contributed by atoms with Crippen LogP contribution in [0.1, 0.15) is 25.3 Å². The second-order valence-electron chi connectivity index (χ2n) is 5.52. The molecule has 112 valence electrons. The Balaban J connectivity index is 1.88. The zero-order chi connectivity index (χ0) is 14.8. The fraction of sp³-hybridized carbons (Fsp3) is 0.571. The van der Waals surface area contributed by atoms with Crippen LogP contribution in [0.5, 0.6) is 5.75 Å². The van der Waals surface area contributed by atoms with Crippen molar-refractivity contribution in [2.75, 3.05) is 6.54 Å². The summed E-state index contributed by atoms with van der Waals surface area (Å²) in [6, 6.07) is 6.09. The molecule has 1 aromatic carbocycles. The number of nitrogens with one attached hydrogen (secondary N) is 1. The maximum Gasteiger partial charge on any atom is 0.573 e. The van der Waals surface area contributed by atoms with Crippen molar-refractivity contribution in [3.05, 3.63) is 29.8 Å². The molecule has 0 saturated heterocycles. The Bertz CT molecular complexity index is 439. The van der Waals surface area contributed by atoms with E-state index in [-0.39, 0.29) is 5.75 Å². The van der Waals surface area contributed by atoms with Crippen molar-refractivity contribution in [1.82, 2.24) is 5.32 Å². The van der Waals surface area contributed by atoms with Crippen molar-refractivity contribution in [2.24, 2.45) is 0 Å². The fourth-order valence-corrected chi connectivity index (χ4v) is 1.96. The Kier molecular flexibility index (Phi) is 4.25. The summed E-state index contributed by atoms with van der Waals surface area (Å²) in [6.07, 6.45) is -2.03. The van der Waals surface area contributed by atoms with Gasteiger partial charge in [0.25, 0.3) is 0 Å². The molecule has 1 aliphatic carbocycles. The van der Waals surface area contributed by atoms with Crippen LogP contribution in [-0.2, 0) is 6.42 Å². The van der Waals surface area contributed by atoms with E-state index in [2.05, 4.69) is 10.1 Å². The fourth-order valence-electron chi connectivity index (χ4n) is 1.96. The Labute approximate surface area is 115 Å². The highest BCUT2D eigenvalue weighted by atomic mass is 19.4. The number of rotatable bonds is 6. The Hall–Kier alpha value is -1.27. The lowest BCUT2D eigenvalue weighted by atomic mass is 9.96. The molecule has 2 N–H and O–H groups in total. The van der Waals surface area contributed by atoms with Crippen molar-refractivity contribution in [3.63, 3.8) is 0 Å². The minimum absolute atomic E-state index is 0.253. The van der Waals surface area contributed by atoms with E-state index in [0.29, 0.717) is 19.0 Å². The lowest BCUT2D eigenvalue weighted by molar-refractivity contribution is -0.274. The quantitative estimate of drug-likeness (QED) is 0.846. The Morgan fingerprint density at radius 1 is 1.25 bits per heavy atom. The van der Waals surface area contributed by atoms with Crippen molar-refractivity contribution >= 4 is 0 Å². The third-order valence-corrected chi connectivity index (χ3v) is 3.09. The molecule has 1 unspecified atom stereocenters. The van der Waals surface area contributed by atoms with Gasteiger partial charge in [0, 0.05) is 19.0 Å². The van der Waals surface area contributed by atoms with Crippen LogP contribution in [0.4, 0.5) is 13.2 Å². The van der Waals surface area contributed by atoms with Gasteiger partial charge in [0.15, 0.2) is 0 Å². The SMILES string of the molecule is CC(O)(CNC1CC1)Cc1ccc(OC(F)(F)F)cc1. The molecular formula is C14H18F3NO2. The van der Waals surface area contributed by atoms with E-state index in [1.807, 2.05) is 0 Å². The predicted molar refractivity (Wildman–Crippen MR) is 68.5 cm³/mol. The number of benzene rings is 1. The van der Waals surface area contributed by atoms with Gasteiger partial charge in [-0.3, -0.25) is 0 Å². The largest absolute Gasteiger partial charge is 0.573 e. The van der Waals surface area contributed by atoms with Gasteiger partial charge in [0.2, 0.25) is 0 Å². The Morgan fingerprint density at radius 2 is 1.85 bits per heavy atom. The first kappa shape index (κ1) is 15.1. The smallest absolute Gasteiger partial charge is 0.406 e. The molecule has 1 atom stereocenters. The predicted octanol–water partition coefficient (Wildman–Crippen LogP) is 2.63. The molecule has 6 heteroatoms. The number of halogens is 3. The van der Waals surface area contributed by atoms with Gasteiger partial charge in [-0.15, -0.1) is 13.2 Å². The van der Waals surface area contributed by atoms with Crippen molar-refractivity contribution in [1.29, 1.82) is 0 Å².